The molecule has 0 amide bonds. The lowest BCUT2D eigenvalue weighted by molar-refractivity contribution is 0.0282. The van der Waals surface area contributed by atoms with Gasteiger partial charge in [-0.05, 0) is 46.0 Å². The number of likely N-dealkylation sites (N-methyl/N-ethyl adjacent to an activating group) is 2. The lowest BCUT2D eigenvalue weighted by atomic mass is 9.75. The molecule has 112 valence electrons. The molecule has 0 radical (unpaired) electrons. The summed E-state index contributed by atoms with van der Waals surface area (Å²) in [6.45, 7) is 4.32. The summed E-state index contributed by atoms with van der Waals surface area (Å²) < 4.78 is 0. The molecular formula is C17H29N3. The first-order valence-corrected chi connectivity index (χ1v) is 7.73. The van der Waals surface area contributed by atoms with Gasteiger partial charge in [-0.2, -0.15) is 0 Å². The Bertz CT molecular complexity index is 384. The molecular weight excluding hydrogens is 246 g/mol. The Morgan fingerprint density at radius 3 is 2.35 bits per heavy atom. The Labute approximate surface area is 124 Å². The third kappa shape index (κ3) is 4.05. The number of benzene rings is 1. The van der Waals surface area contributed by atoms with Gasteiger partial charge in [0.05, 0.1) is 0 Å². The monoisotopic (exact) mass is 275 g/mol. The molecule has 0 spiro atoms. The minimum atomic E-state index is 0.439. The molecule has 0 aliphatic heterocycles. The van der Waals surface area contributed by atoms with Crippen LogP contribution in [-0.4, -0.2) is 56.1 Å². The first-order chi connectivity index (χ1) is 9.62. The maximum Gasteiger partial charge on any atom is 0.0330 e. The predicted octanol–water partition coefficient (Wildman–Crippen LogP) is 2.19. The average Bonchev–Trinajstić information content (AvgIpc) is 2.40. The largest absolute Gasteiger partial charge is 0.311 e. The van der Waals surface area contributed by atoms with E-state index in [1.807, 2.05) is 0 Å². The van der Waals surface area contributed by atoms with E-state index >= 15 is 0 Å². The maximum atomic E-state index is 3.53. The van der Waals surface area contributed by atoms with Gasteiger partial charge in [-0.25, -0.2) is 0 Å². The second-order valence-corrected chi connectivity index (χ2v) is 6.37. The molecule has 0 heterocycles. The summed E-state index contributed by atoms with van der Waals surface area (Å²) in [5, 5.41) is 3.53. The fraction of sp³-hybridized carbons (Fsp3) is 0.647. The highest BCUT2D eigenvalue weighted by molar-refractivity contribution is 5.14. The van der Waals surface area contributed by atoms with E-state index in [0.29, 0.717) is 5.54 Å². The second-order valence-electron chi connectivity index (χ2n) is 6.37. The van der Waals surface area contributed by atoms with Crippen LogP contribution in [0.25, 0.3) is 0 Å². The number of nitrogens with one attached hydrogen (secondary N) is 1. The Morgan fingerprint density at radius 2 is 1.80 bits per heavy atom. The number of hydrogen-bond donors (Lipinski definition) is 1. The highest BCUT2D eigenvalue weighted by Gasteiger charge is 2.39. The van der Waals surface area contributed by atoms with Crippen LogP contribution in [0.1, 0.15) is 24.8 Å². The topological polar surface area (TPSA) is 18.5 Å². The van der Waals surface area contributed by atoms with Gasteiger partial charge in [0.25, 0.3) is 0 Å². The summed E-state index contributed by atoms with van der Waals surface area (Å²) in [5.74, 6) is 0. The molecule has 1 aromatic rings. The van der Waals surface area contributed by atoms with Gasteiger partial charge < -0.3 is 15.1 Å². The van der Waals surface area contributed by atoms with E-state index in [1.165, 1.54) is 31.4 Å². The SMILES string of the molecule is CN(CCNCc1ccccc1)CC1(N(C)C)CCC1. The molecule has 3 heteroatoms. The van der Waals surface area contributed by atoms with Gasteiger partial charge in [0.1, 0.15) is 0 Å². The van der Waals surface area contributed by atoms with Crippen LogP contribution in [0, 0.1) is 0 Å². The Kier molecular flexibility index (Phi) is 5.58. The molecule has 0 unspecified atom stereocenters. The summed E-state index contributed by atoms with van der Waals surface area (Å²) in [5.41, 5.74) is 1.80. The molecule has 1 saturated carbocycles. The van der Waals surface area contributed by atoms with Crippen LogP contribution >= 0.6 is 0 Å². The minimum absolute atomic E-state index is 0.439. The van der Waals surface area contributed by atoms with Crippen molar-refractivity contribution in [1.29, 1.82) is 0 Å². The van der Waals surface area contributed by atoms with Crippen LogP contribution in [0.3, 0.4) is 0 Å². The molecule has 1 aromatic carbocycles. The van der Waals surface area contributed by atoms with Gasteiger partial charge in [-0.15, -0.1) is 0 Å². The Balaban J connectivity index is 1.64. The van der Waals surface area contributed by atoms with E-state index in [2.05, 4.69) is 66.6 Å². The zero-order valence-electron chi connectivity index (χ0n) is 13.2. The Morgan fingerprint density at radius 1 is 1.10 bits per heavy atom. The summed E-state index contributed by atoms with van der Waals surface area (Å²) in [6, 6.07) is 10.6. The van der Waals surface area contributed by atoms with Crippen molar-refractivity contribution in [2.24, 2.45) is 0 Å². The van der Waals surface area contributed by atoms with E-state index in [-0.39, 0.29) is 0 Å². The van der Waals surface area contributed by atoms with Crippen molar-refractivity contribution in [3.63, 3.8) is 0 Å². The van der Waals surface area contributed by atoms with Gasteiger partial charge in [-0.3, -0.25) is 0 Å². The van der Waals surface area contributed by atoms with Crippen molar-refractivity contribution in [3.05, 3.63) is 35.9 Å². The first kappa shape index (κ1) is 15.5. The van der Waals surface area contributed by atoms with Crippen LogP contribution in [0.2, 0.25) is 0 Å². The standard InChI is InChI=1S/C17H29N3/c1-19(2)17(10-7-11-17)15-20(3)13-12-18-14-16-8-5-4-6-9-16/h4-6,8-9,18H,7,10-15H2,1-3H3. The van der Waals surface area contributed by atoms with Crippen molar-refractivity contribution < 1.29 is 0 Å². The predicted molar refractivity (Wildman–Crippen MR) is 85.9 cm³/mol. The zero-order chi connectivity index (χ0) is 14.4. The van der Waals surface area contributed by atoms with Gasteiger partial charge in [0.2, 0.25) is 0 Å². The normalized spacial score (nSPS) is 17.4. The third-order valence-corrected chi connectivity index (χ3v) is 4.64. The van der Waals surface area contributed by atoms with Crippen LogP contribution in [0.15, 0.2) is 30.3 Å². The van der Waals surface area contributed by atoms with Gasteiger partial charge in [0.15, 0.2) is 0 Å². The minimum Gasteiger partial charge on any atom is -0.311 e. The molecule has 1 N–H and O–H groups in total. The number of rotatable bonds is 8. The second kappa shape index (κ2) is 7.21. The van der Waals surface area contributed by atoms with Crippen molar-refractivity contribution in [3.8, 4) is 0 Å². The van der Waals surface area contributed by atoms with Crippen molar-refractivity contribution in [2.75, 3.05) is 40.8 Å². The molecule has 1 aliphatic carbocycles. The molecule has 1 aliphatic rings. The molecule has 2 rings (SSSR count). The fourth-order valence-corrected chi connectivity index (χ4v) is 3.01. The average molecular weight is 275 g/mol. The number of nitrogens with zero attached hydrogens (tertiary/aromatic N) is 2. The van der Waals surface area contributed by atoms with Crippen molar-refractivity contribution in [2.45, 2.75) is 31.3 Å². The quantitative estimate of drug-likeness (QED) is 0.734. The van der Waals surface area contributed by atoms with Gasteiger partial charge >= 0.3 is 0 Å². The van der Waals surface area contributed by atoms with Gasteiger partial charge in [0, 0.05) is 31.7 Å². The van der Waals surface area contributed by atoms with Gasteiger partial charge in [-0.1, -0.05) is 30.3 Å². The smallest absolute Gasteiger partial charge is 0.0330 e. The van der Waals surface area contributed by atoms with E-state index in [4.69, 9.17) is 0 Å². The fourth-order valence-electron chi connectivity index (χ4n) is 3.01. The van der Waals surface area contributed by atoms with Crippen LogP contribution in [0.4, 0.5) is 0 Å². The number of hydrogen-bond acceptors (Lipinski definition) is 3. The summed E-state index contributed by atoms with van der Waals surface area (Å²) in [4.78, 5) is 4.89. The van der Waals surface area contributed by atoms with Crippen LogP contribution in [-0.2, 0) is 6.54 Å². The molecule has 3 nitrogen and oxygen atoms in total. The van der Waals surface area contributed by atoms with E-state index in [0.717, 1.165) is 19.6 Å². The molecule has 20 heavy (non-hydrogen) atoms. The third-order valence-electron chi connectivity index (χ3n) is 4.64. The molecule has 0 aromatic heterocycles. The summed E-state index contributed by atoms with van der Waals surface area (Å²) in [6.07, 6.45) is 4.09. The molecule has 0 atom stereocenters. The molecule has 0 bridgehead atoms. The lowest BCUT2D eigenvalue weighted by Gasteiger charge is -2.49. The van der Waals surface area contributed by atoms with Crippen LogP contribution < -0.4 is 5.32 Å². The molecule has 1 fully saturated rings. The lowest BCUT2D eigenvalue weighted by Crippen LogP contribution is -2.57. The maximum absolute atomic E-state index is 3.53. The highest BCUT2D eigenvalue weighted by atomic mass is 15.2. The highest BCUT2D eigenvalue weighted by Crippen LogP contribution is 2.36. The Hall–Kier alpha value is -0.900. The summed E-state index contributed by atoms with van der Waals surface area (Å²) in [7, 11) is 6.69. The molecule has 0 saturated heterocycles. The zero-order valence-corrected chi connectivity index (χ0v) is 13.2. The van der Waals surface area contributed by atoms with Crippen molar-refractivity contribution in [1.82, 2.24) is 15.1 Å². The van der Waals surface area contributed by atoms with Crippen LogP contribution in [0.5, 0.6) is 0 Å². The van der Waals surface area contributed by atoms with E-state index in [9.17, 15) is 0 Å². The van der Waals surface area contributed by atoms with E-state index in [1.54, 1.807) is 0 Å². The summed E-state index contributed by atoms with van der Waals surface area (Å²) >= 11 is 0. The van der Waals surface area contributed by atoms with E-state index < -0.39 is 0 Å². The first-order valence-electron chi connectivity index (χ1n) is 7.73. The van der Waals surface area contributed by atoms with Crippen molar-refractivity contribution >= 4 is 0 Å².